The van der Waals surface area contributed by atoms with Crippen molar-refractivity contribution in [2.24, 2.45) is 5.10 Å². The van der Waals surface area contributed by atoms with Gasteiger partial charge in [0.25, 0.3) is 0 Å². The van der Waals surface area contributed by atoms with E-state index in [2.05, 4.69) is 29.7 Å². The first-order chi connectivity index (χ1) is 12.8. The van der Waals surface area contributed by atoms with Crippen molar-refractivity contribution < 1.29 is 12.8 Å². The van der Waals surface area contributed by atoms with Crippen molar-refractivity contribution in [1.82, 2.24) is 5.43 Å². The Balaban J connectivity index is 1.74. The Bertz CT molecular complexity index is 1000. The predicted molar refractivity (Wildman–Crippen MR) is 109 cm³/mol. The third-order valence-corrected chi connectivity index (χ3v) is 6.28. The predicted octanol–water partition coefficient (Wildman–Crippen LogP) is 3.82. The molecular weight excluding hydrogens is 385 g/mol. The molecule has 8 heteroatoms. The third kappa shape index (κ3) is 4.51. The maximum absolute atomic E-state index is 13.6. The fraction of sp³-hybridized carbons (Fsp3) is 0.263. The highest BCUT2D eigenvalue weighted by atomic mass is 32.2. The molecular formula is C19H20FN3O2S2. The first-order valence-corrected chi connectivity index (χ1v) is 10.6. The number of fused-ring (bicyclic) bond motifs is 1. The third-order valence-electron chi connectivity index (χ3n) is 4.32. The highest BCUT2D eigenvalue weighted by Crippen LogP contribution is 2.26. The molecule has 3 rings (SSSR count). The van der Waals surface area contributed by atoms with Gasteiger partial charge in [-0.25, -0.2) is 12.8 Å². The Morgan fingerprint density at radius 3 is 2.56 bits per heavy atom. The lowest BCUT2D eigenvalue weighted by Gasteiger charge is -2.18. The van der Waals surface area contributed by atoms with Gasteiger partial charge in [0.1, 0.15) is 5.82 Å². The smallest absolute Gasteiger partial charge is 0.191 e. The molecule has 0 radical (unpaired) electrons. The zero-order valence-corrected chi connectivity index (χ0v) is 16.6. The number of hydrogen-bond donors (Lipinski definition) is 2. The fourth-order valence-corrected chi connectivity index (χ4v) is 4.45. The van der Waals surface area contributed by atoms with Gasteiger partial charge >= 0.3 is 0 Å². The van der Waals surface area contributed by atoms with E-state index in [0.29, 0.717) is 11.6 Å². The van der Waals surface area contributed by atoms with E-state index in [1.807, 2.05) is 24.3 Å². The molecule has 0 fully saturated rings. The Kier molecular flexibility index (Phi) is 5.57. The van der Waals surface area contributed by atoms with E-state index >= 15 is 0 Å². The van der Waals surface area contributed by atoms with E-state index in [9.17, 15) is 12.8 Å². The molecule has 0 unspecified atom stereocenters. The van der Waals surface area contributed by atoms with Crippen LogP contribution in [0.15, 0.2) is 52.5 Å². The van der Waals surface area contributed by atoms with Crippen LogP contribution in [0.4, 0.5) is 10.1 Å². The van der Waals surface area contributed by atoms with Crippen molar-refractivity contribution in [2.75, 3.05) is 11.1 Å². The second kappa shape index (κ2) is 7.74. The summed E-state index contributed by atoms with van der Waals surface area (Å²) in [5.74, 6) is -0.133. The van der Waals surface area contributed by atoms with Gasteiger partial charge in [-0.2, -0.15) is 5.10 Å². The Morgan fingerprint density at radius 1 is 1.19 bits per heavy atom. The number of sulfone groups is 1. The molecule has 1 aliphatic heterocycles. The number of nitrogens with zero attached hydrogens (tertiary/aromatic N) is 1. The zero-order chi connectivity index (χ0) is 19.6. The van der Waals surface area contributed by atoms with E-state index in [0.717, 1.165) is 11.8 Å². The summed E-state index contributed by atoms with van der Waals surface area (Å²) >= 11 is 5.24. The molecule has 0 aliphatic carbocycles. The van der Waals surface area contributed by atoms with Gasteiger partial charge in [-0.1, -0.05) is 26.0 Å². The van der Waals surface area contributed by atoms with Crippen molar-refractivity contribution in [3.63, 3.8) is 0 Å². The lowest BCUT2D eigenvalue weighted by atomic mass is 10.0. The molecule has 0 aromatic heterocycles. The zero-order valence-electron chi connectivity index (χ0n) is 15.0. The number of nitrogens with one attached hydrogen (secondary N) is 2. The fourth-order valence-electron chi connectivity index (χ4n) is 2.82. The lowest BCUT2D eigenvalue weighted by molar-refractivity contribution is 0.592. The summed E-state index contributed by atoms with van der Waals surface area (Å²) < 4.78 is 37.9. The van der Waals surface area contributed by atoms with E-state index in [1.54, 1.807) is 0 Å². The average molecular weight is 406 g/mol. The van der Waals surface area contributed by atoms with E-state index in [1.165, 1.54) is 17.7 Å². The van der Waals surface area contributed by atoms with Gasteiger partial charge in [0, 0.05) is 17.7 Å². The number of halogens is 1. The Hall–Kier alpha value is -2.32. The van der Waals surface area contributed by atoms with Gasteiger partial charge in [0.2, 0.25) is 0 Å². The van der Waals surface area contributed by atoms with Gasteiger partial charge in [-0.05, 0) is 54.0 Å². The number of anilines is 1. The van der Waals surface area contributed by atoms with Crippen LogP contribution in [0.25, 0.3) is 0 Å². The molecule has 0 saturated carbocycles. The molecule has 0 atom stereocenters. The van der Waals surface area contributed by atoms with Crippen LogP contribution in [0.5, 0.6) is 0 Å². The summed E-state index contributed by atoms with van der Waals surface area (Å²) in [4.78, 5) is 0.0962. The number of hydrogen-bond acceptors (Lipinski definition) is 4. The molecule has 142 valence electrons. The molecule has 0 spiro atoms. The summed E-state index contributed by atoms with van der Waals surface area (Å²) in [6.07, 6.45) is 0.192. The molecule has 5 nitrogen and oxygen atoms in total. The maximum atomic E-state index is 13.6. The molecule has 0 amide bonds. The van der Waals surface area contributed by atoms with Crippen molar-refractivity contribution in [3.05, 3.63) is 59.4 Å². The first-order valence-electron chi connectivity index (χ1n) is 8.52. The van der Waals surface area contributed by atoms with Crippen LogP contribution in [-0.2, 0) is 9.84 Å². The van der Waals surface area contributed by atoms with E-state index in [-0.39, 0.29) is 27.7 Å². The minimum absolute atomic E-state index is 0.0665. The topological polar surface area (TPSA) is 70.6 Å². The van der Waals surface area contributed by atoms with Gasteiger partial charge in [0.05, 0.1) is 16.4 Å². The molecule has 2 aromatic carbocycles. The van der Waals surface area contributed by atoms with Gasteiger partial charge in [-0.3, -0.25) is 5.43 Å². The van der Waals surface area contributed by atoms with E-state index < -0.39 is 15.7 Å². The summed E-state index contributed by atoms with van der Waals surface area (Å²) in [6.45, 7) is 4.24. The monoisotopic (exact) mass is 405 g/mol. The second-order valence-corrected chi connectivity index (χ2v) is 9.10. The van der Waals surface area contributed by atoms with Crippen LogP contribution in [0.1, 0.15) is 37.3 Å². The standard InChI is InChI=1S/C19H20FN3O2S2/c1-12(2)13-3-6-15(7-4-13)21-19(26)23-22-17-9-10-27(24,25)18-8-5-14(20)11-16(17)18/h3-8,11-12H,9-10H2,1-2H3,(H2,21,23,26)/b22-17-. The molecule has 2 N–H and O–H groups in total. The normalized spacial score (nSPS) is 16.8. The number of rotatable bonds is 3. The van der Waals surface area contributed by atoms with Crippen LogP contribution in [0.3, 0.4) is 0 Å². The first kappa shape index (κ1) is 19.4. The van der Waals surface area contributed by atoms with Crippen LogP contribution in [0.2, 0.25) is 0 Å². The SMILES string of the molecule is CC(C)c1ccc(NC(=S)N/N=C2/CCS(=O)(=O)c3ccc(F)cc32)cc1. The van der Waals surface area contributed by atoms with Crippen LogP contribution in [0, 0.1) is 5.82 Å². The number of thiocarbonyl (C=S) groups is 1. The number of benzene rings is 2. The van der Waals surface area contributed by atoms with Gasteiger partial charge in [-0.15, -0.1) is 0 Å². The van der Waals surface area contributed by atoms with Crippen LogP contribution < -0.4 is 10.7 Å². The summed E-state index contributed by atoms with van der Waals surface area (Å²) in [7, 11) is -3.41. The lowest BCUT2D eigenvalue weighted by Crippen LogP contribution is -2.28. The minimum atomic E-state index is -3.41. The molecule has 0 bridgehead atoms. The van der Waals surface area contributed by atoms with Crippen LogP contribution >= 0.6 is 12.2 Å². The summed E-state index contributed by atoms with van der Waals surface area (Å²) in [6, 6.07) is 11.5. The summed E-state index contributed by atoms with van der Waals surface area (Å²) in [5, 5.41) is 7.49. The van der Waals surface area contributed by atoms with Crippen molar-refractivity contribution >= 4 is 38.6 Å². The summed E-state index contributed by atoms with van der Waals surface area (Å²) in [5.41, 5.74) is 5.49. The average Bonchev–Trinajstić information content (AvgIpc) is 2.61. The Morgan fingerprint density at radius 2 is 1.89 bits per heavy atom. The van der Waals surface area contributed by atoms with Gasteiger partial charge in [0.15, 0.2) is 14.9 Å². The molecule has 1 heterocycles. The quantitative estimate of drug-likeness (QED) is 0.462. The van der Waals surface area contributed by atoms with E-state index in [4.69, 9.17) is 12.2 Å². The van der Waals surface area contributed by atoms with Crippen molar-refractivity contribution in [1.29, 1.82) is 0 Å². The van der Waals surface area contributed by atoms with Crippen LogP contribution in [-0.4, -0.2) is 25.0 Å². The highest BCUT2D eigenvalue weighted by molar-refractivity contribution is 7.91. The minimum Gasteiger partial charge on any atom is -0.331 e. The highest BCUT2D eigenvalue weighted by Gasteiger charge is 2.28. The largest absolute Gasteiger partial charge is 0.331 e. The maximum Gasteiger partial charge on any atom is 0.191 e. The number of hydrazone groups is 1. The molecule has 27 heavy (non-hydrogen) atoms. The molecule has 1 aliphatic rings. The molecule has 2 aromatic rings. The van der Waals surface area contributed by atoms with Crippen molar-refractivity contribution in [3.8, 4) is 0 Å². The molecule has 0 saturated heterocycles. The Labute approximate surface area is 163 Å². The second-order valence-electron chi connectivity index (χ2n) is 6.61. The van der Waals surface area contributed by atoms with Gasteiger partial charge < -0.3 is 5.32 Å². The van der Waals surface area contributed by atoms with Crippen molar-refractivity contribution in [2.45, 2.75) is 31.1 Å².